The zero-order valence-electron chi connectivity index (χ0n) is 11.2. The molecule has 0 spiro atoms. The van der Waals surface area contributed by atoms with E-state index in [2.05, 4.69) is 0 Å². The fourth-order valence-electron chi connectivity index (χ4n) is 2.38. The van der Waals surface area contributed by atoms with Crippen LogP contribution in [0.1, 0.15) is 46.0 Å². The summed E-state index contributed by atoms with van der Waals surface area (Å²) in [5.41, 5.74) is 0. The van der Waals surface area contributed by atoms with Crippen LogP contribution in [-0.4, -0.2) is 45.5 Å². The Morgan fingerprint density at radius 2 is 1.94 bits per heavy atom. The van der Waals surface area contributed by atoms with Crippen LogP contribution in [0.2, 0.25) is 0 Å². The second-order valence-electron chi connectivity index (χ2n) is 4.76. The Morgan fingerprint density at radius 1 is 1.33 bits per heavy atom. The number of carboxylic acids is 1. The zero-order chi connectivity index (χ0) is 13.5. The number of nitrogens with zero attached hydrogens (tertiary/aromatic N) is 1. The van der Waals surface area contributed by atoms with Crippen LogP contribution in [0.3, 0.4) is 0 Å². The standard InChI is InChI=1S/C13H23NO3S/c1-3-14(11-7-5-4-6-8-11)12(15)9-18-10(2)13(16)17/h10-11H,3-9H2,1-2H3,(H,16,17). The molecule has 1 aliphatic rings. The van der Waals surface area contributed by atoms with E-state index in [4.69, 9.17) is 5.11 Å². The highest BCUT2D eigenvalue weighted by atomic mass is 32.2. The van der Waals surface area contributed by atoms with Crippen LogP contribution in [0.5, 0.6) is 0 Å². The number of thioether (sulfide) groups is 1. The molecular formula is C13H23NO3S. The van der Waals surface area contributed by atoms with E-state index in [1.54, 1.807) is 6.92 Å². The molecule has 104 valence electrons. The summed E-state index contributed by atoms with van der Waals surface area (Å²) in [7, 11) is 0. The van der Waals surface area contributed by atoms with Gasteiger partial charge in [0.05, 0.1) is 11.0 Å². The first kappa shape index (κ1) is 15.3. The van der Waals surface area contributed by atoms with Crippen LogP contribution < -0.4 is 0 Å². The maximum atomic E-state index is 12.1. The molecule has 0 aromatic rings. The number of rotatable bonds is 6. The van der Waals surface area contributed by atoms with Crippen LogP contribution in [-0.2, 0) is 9.59 Å². The van der Waals surface area contributed by atoms with Crippen molar-refractivity contribution in [3.05, 3.63) is 0 Å². The van der Waals surface area contributed by atoms with Gasteiger partial charge in [0.2, 0.25) is 5.91 Å². The zero-order valence-corrected chi connectivity index (χ0v) is 12.0. The molecule has 1 fully saturated rings. The van der Waals surface area contributed by atoms with Crippen molar-refractivity contribution in [2.24, 2.45) is 0 Å². The predicted molar refractivity (Wildman–Crippen MR) is 73.8 cm³/mol. The van der Waals surface area contributed by atoms with Crippen molar-refractivity contribution >= 4 is 23.6 Å². The van der Waals surface area contributed by atoms with Crippen molar-refractivity contribution in [3.63, 3.8) is 0 Å². The summed E-state index contributed by atoms with van der Waals surface area (Å²) in [6.07, 6.45) is 5.87. The topological polar surface area (TPSA) is 57.6 Å². The number of aliphatic carboxylic acids is 1. The van der Waals surface area contributed by atoms with Crippen LogP contribution in [0.25, 0.3) is 0 Å². The molecule has 18 heavy (non-hydrogen) atoms. The first-order valence-electron chi connectivity index (χ1n) is 6.70. The van der Waals surface area contributed by atoms with E-state index >= 15 is 0 Å². The third-order valence-electron chi connectivity index (χ3n) is 3.48. The van der Waals surface area contributed by atoms with Gasteiger partial charge in [0.25, 0.3) is 0 Å². The van der Waals surface area contributed by atoms with Gasteiger partial charge in [-0.25, -0.2) is 0 Å². The van der Waals surface area contributed by atoms with Crippen molar-refractivity contribution in [1.82, 2.24) is 4.90 Å². The quantitative estimate of drug-likeness (QED) is 0.807. The number of hydrogen-bond acceptors (Lipinski definition) is 3. The molecule has 1 aliphatic carbocycles. The Kier molecular flexibility index (Phi) is 6.54. The number of carboxylic acid groups (broad SMARTS) is 1. The van der Waals surface area contributed by atoms with Gasteiger partial charge in [0.15, 0.2) is 0 Å². The molecule has 1 atom stereocenters. The lowest BCUT2D eigenvalue weighted by Gasteiger charge is -2.33. The molecule has 5 heteroatoms. The van der Waals surface area contributed by atoms with Gasteiger partial charge in [-0.1, -0.05) is 19.3 Å². The summed E-state index contributed by atoms with van der Waals surface area (Å²) in [6, 6.07) is 0.372. The Bertz CT molecular complexity index is 290. The highest BCUT2D eigenvalue weighted by molar-refractivity contribution is 8.01. The summed E-state index contributed by atoms with van der Waals surface area (Å²) >= 11 is 1.21. The highest BCUT2D eigenvalue weighted by Crippen LogP contribution is 2.23. The highest BCUT2D eigenvalue weighted by Gasteiger charge is 2.24. The Labute approximate surface area is 113 Å². The van der Waals surface area contributed by atoms with Crippen molar-refractivity contribution in [2.75, 3.05) is 12.3 Å². The van der Waals surface area contributed by atoms with Gasteiger partial charge < -0.3 is 10.0 Å². The first-order valence-corrected chi connectivity index (χ1v) is 7.75. The van der Waals surface area contributed by atoms with E-state index in [-0.39, 0.29) is 11.7 Å². The minimum absolute atomic E-state index is 0.0856. The summed E-state index contributed by atoms with van der Waals surface area (Å²) in [6.45, 7) is 4.35. The number of carbonyl (C=O) groups is 2. The van der Waals surface area contributed by atoms with Crippen molar-refractivity contribution in [1.29, 1.82) is 0 Å². The van der Waals surface area contributed by atoms with Gasteiger partial charge in [-0.3, -0.25) is 9.59 Å². The molecule has 0 bridgehead atoms. The molecule has 1 N–H and O–H groups in total. The average molecular weight is 273 g/mol. The second-order valence-corrected chi connectivity index (χ2v) is 6.09. The van der Waals surface area contributed by atoms with Crippen LogP contribution >= 0.6 is 11.8 Å². The molecule has 0 aliphatic heterocycles. The molecule has 0 heterocycles. The normalized spacial score (nSPS) is 18.3. The van der Waals surface area contributed by atoms with Gasteiger partial charge in [0.1, 0.15) is 0 Å². The maximum Gasteiger partial charge on any atom is 0.316 e. The lowest BCUT2D eigenvalue weighted by Crippen LogP contribution is -2.42. The lowest BCUT2D eigenvalue weighted by atomic mass is 9.94. The number of amides is 1. The molecule has 1 saturated carbocycles. The molecule has 0 saturated heterocycles. The smallest absolute Gasteiger partial charge is 0.316 e. The average Bonchev–Trinajstić information content (AvgIpc) is 2.38. The molecule has 0 aromatic heterocycles. The van der Waals surface area contributed by atoms with Gasteiger partial charge in [-0.15, -0.1) is 11.8 Å². The Hall–Kier alpha value is -0.710. The summed E-state index contributed by atoms with van der Waals surface area (Å²) in [5.74, 6) is -0.492. The monoisotopic (exact) mass is 273 g/mol. The van der Waals surface area contributed by atoms with Gasteiger partial charge in [-0.05, 0) is 26.7 Å². The van der Waals surface area contributed by atoms with E-state index < -0.39 is 11.2 Å². The van der Waals surface area contributed by atoms with E-state index in [1.165, 1.54) is 31.0 Å². The first-order chi connectivity index (χ1) is 8.56. The van der Waals surface area contributed by atoms with Crippen LogP contribution in [0, 0.1) is 0 Å². The largest absolute Gasteiger partial charge is 0.480 e. The summed E-state index contributed by atoms with van der Waals surface area (Å²) in [5, 5.41) is 8.28. The van der Waals surface area contributed by atoms with Gasteiger partial charge >= 0.3 is 5.97 Å². The van der Waals surface area contributed by atoms with E-state index in [9.17, 15) is 9.59 Å². The van der Waals surface area contributed by atoms with Crippen molar-refractivity contribution < 1.29 is 14.7 Å². The van der Waals surface area contributed by atoms with E-state index in [0.29, 0.717) is 6.04 Å². The molecule has 0 radical (unpaired) electrons. The number of hydrogen-bond donors (Lipinski definition) is 1. The molecular weight excluding hydrogens is 250 g/mol. The lowest BCUT2D eigenvalue weighted by molar-refractivity contribution is -0.136. The van der Waals surface area contributed by atoms with Crippen molar-refractivity contribution in [3.8, 4) is 0 Å². The predicted octanol–water partition coefficient (Wildman–Crippen LogP) is 2.37. The van der Waals surface area contributed by atoms with E-state index in [0.717, 1.165) is 19.4 Å². The SMILES string of the molecule is CCN(C(=O)CSC(C)C(=O)O)C1CCCCC1. The van der Waals surface area contributed by atoms with Crippen LogP contribution in [0.4, 0.5) is 0 Å². The summed E-state index contributed by atoms with van der Waals surface area (Å²) in [4.78, 5) is 24.8. The van der Waals surface area contributed by atoms with Gasteiger partial charge in [-0.2, -0.15) is 0 Å². The maximum absolute atomic E-state index is 12.1. The molecule has 1 unspecified atom stereocenters. The summed E-state index contributed by atoms with van der Waals surface area (Å²) < 4.78 is 0. The minimum Gasteiger partial charge on any atom is -0.480 e. The second kappa shape index (κ2) is 7.67. The number of carbonyl (C=O) groups excluding carboxylic acids is 1. The minimum atomic E-state index is -0.853. The Morgan fingerprint density at radius 3 is 2.44 bits per heavy atom. The van der Waals surface area contributed by atoms with Crippen molar-refractivity contribution in [2.45, 2.75) is 57.2 Å². The molecule has 4 nitrogen and oxygen atoms in total. The fraction of sp³-hybridized carbons (Fsp3) is 0.846. The van der Waals surface area contributed by atoms with Crippen LogP contribution in [0.15, 0.2) is 0 Å². The van der Waals surface area contributed by atoms with E-state index in [1.807, 2.05) is 11.8 Å². The molecule has 1 amide bonds. The Balaban J connectivity index is 2.43. The van der Waals surface area contributed by atoms with Gasteiger partial charge in [0, 0.05) is 12.6 Å². The molecule has 1 rings (SSSR count). The fourth-order valence-corrected chi connectivity index (χ4v) is 3.08. The third-order valence-corrected chi connectivity index (χ3v) is 4.60. The third kappa shape index (κ3) is 4.52. The molecule has 0 aromatic carbocycles.